The summed E-state index contributed by atoms with van der Waals surface area (Å²) >= 11 is 0. The first-order valence-corrected chi connectivity index (χ1v) is 5.86. The molecule has 0 aromatic heterocycles. The van der Waals surface area contributed by atoms with E-state index < -0.39 is 0 Å². The monoisotopic (exact) mass is 238 g/mol. The van der Waals surface area contributed by atoms with Crippen LogP contribution in [0.3, 0.4) is 0 Å². The van der Waals surface area contributed by atoms with Gasteiger partial charge in [0, 0.05) is 19.7 Å². The van der Waals surface area contributed by atoms with Crippen LogP contribution in [0.2, 0.25) is 0 Å². The highest BCUT2D eigenvalue weighted by atomic mass is 16.5. The van der Waals surface area contributed by atoms with Gasteiger partial charge in [-0.1, -0.05) is 6.07 Å². The largest absolute Gasteiger partial charge is 0.495 e. The molecule has 17 heavy (non-hydrogen) atoms. The number of rotatable bonds is 7. The average Bonchev–Trinajstić information content (AvgIpc) is 2.29. The zero-order valence-corrected chi connectivity index (χ0v) is 10.9. The molecule has 1 aromatic carbocycles. The van der Waals surface area contributed by atoms with Gasteiger partial charge < -0.3 is 15.2 Å². The number of anilines is 1. The maximum atomic E-state index is 5.86. The molecule has 2 N–H and O–H groups in total. The fourth-order valence-corrected chi connectivity index (χ4v) is 1.64. The van der Waals surface area contributed by atoms with E-state index in [0.717, 1.165) is 32.1 Å². The number of hydrogen-bond acceptors (Lipinski definition) is 4. The number of nitrogens with two attached hydrogens (primary N) is 1. The van der Waals surface area contributed by atoms with Crippen molar-refractivity contribution in [2.24, 2.45) is 0 Å². The number of hydrogen-bond donors (Lipinski definition) is 1. The molecule has 0 saturated carbocycles. The molecule has 0 amide bonds. The van der Waals surface area contributed by atoms with Crippen molar-refractivity contribution >= 4 is 5.69 Å². The van der Waals surface area contributed by atoms with E-state index in [9.17, 15) is 0 Å². The van der Waals surface area contributed by atoms with E-state index in [-0.39, 0.29) is 0 Å². The molecule has 0 heterocycles. The summed E-state index contributed by atoms with van der Waals surface area (Å²) < 4.78 is 10.4. The summed E-state index contributed by atoms with van der Waals surface area (Å²) in [6.07, 6.45) is 0. The van der Waals surface area contributed by atoms with Crippen molar-refractivity contribution in [1.29, 1.82) is 0 Å². The van der Waals surface area contributed by atoms with Crippen LogP contribution < -0.4 is 10.5 Å². The molecule has 0 unspecified atom stereocenters. The second-order valence-corrected chi connectivity index (χ2v) is 4.01. The van der Waals surface area contributed by atoms with Gasteiger partial charge in [0.05, 0.1) is 19.4 Å². The van der Waals surface area contributed by atoms with Crippen molar-refractivity contribution < 1.29 is 9.47 Å². The maximum Gasteiger partial charge on any atom is 0.141 e. The molecule has 4 nitrogen and oxygen atoms in total. The molecule has 0 radical (unpaired) electrons. The third kappa shape index (κ3) is 4.63. The number of benzene rings is 1. The summed E-state index contributed by atoms with van der Waals surface area (Å²) in [4.78, 5) is 2.21. The van der Waals surface area contributed by atoms with Crippen molar-refractivity contribution in [3.8, 4) is 5.75 Å². The van der Waals surface area contributed by atoms with Gasteiger partial charge in [-0.05, 0) is 31.7 Å². The van der Waals surface area contributed by atoms with E-state index in [1.807, 2.05) is 25.1 Å². The fourth-order valence-electron chi connectivity index (χ4n) is 1.64. The summed E-state index contributed by atoms with van der Waals surface area (Å²) in [5.41, 5.74) is 7.73. The molecular formula is C13H22N2O2. The molecule has 0 saturated heterocycles. The van der Waals surface area contributed by atoms with Gasteiger partial charge in [-0.25, -0.2) is 0 Å². The number of nitrogen functional groups attached to an aromatic ring is 1. The van der Waals surface area contributed by atoms with Crippen molar-refractivity contribution in [2.75, 3.05) is 39.6 Å². The van der Waals surface area contributed by atoms with Crippen molar-refractivity contribution in [1.82, 2.24) is 4.90 Å². The van der Waals surface area contributed by atoms with Crippen LogP contribution in [-0.4, -0.2) is 38.8 Å². The Balaban J connectivity index is 2.48. The van der Waals surface area contributed by atoms with Crippen LogP contribution in [0.25, 0.3) is 0 Å². The van der Waals surface area contributed by atoms with Crippen molar-refractivity contribution in [3.63, 3.8) is 0 Å². The average molecular weight is 238 g/mol. The number of methoxy groups -OCH3 is 1. The predicted molar refractivity (Wildman–Crippen MR) is 70.2 cm³/mol. The van der Waals surface area contributed by atoms with Crippen molar-refractivity contribution in [2.45, 2.75) is 13.5 Å². The molecule has 0 aliphatic heterocycles. The third-order valence-corrected chi connectivity index (χ3v) is 2.57. The normalized spacial score (nSPS) is 10.8. The molecule has 4 heteroatoms. The lowest BCUT2D eigenvalue weighted by Crippen LogP contribution is -2.22. The van der Waals surface area contributed by atoms with Crippen LogP contribution in [0.1, 0.15) is 12.5 Å². The number of likely N-dealkylation sites (N-methyl/N-ethyl adjacent to an activating group) is 1. The second-order valence-electron chi connectivity index (χ2n) is 4.01. The Morgan fingerprint density at radius 2 is 2.12 bits per heavy atom. The summed E-state index contributed by atoms with van der Waals surface area (Å²) in [6, 6.07) is 5.89. The molecule has 0 aliphatic carbocycles. The lowest BCUT2D eigenvalue weighted by Gasteiger charge is -2.17. The Morgan fingerprint density at radius 1 is 1.35 bits per heavy atom. The number of nitrogens with zero attached hydrogens (tertiary/aromatic N) is 1. The van der Waals surface area contributed by atoms with E-state index in [0.29, 0.717) is 5.69 Å². The van der Waals surface area contributed by atoms with Gasteiger partial charge in [0.15, 0.2) is 0 Å². The van der Waals surface area contributed by atoms with Gasteiger partial charge in [0.2, 0.25) is 0 Å². The smallest absolute Gasteiger partial charge is 0.141 e. The molecule has 0 atom stereocenters. The minimum absolute atomic E-state index is 0.684. The first-order chi connectivity index (χ1) is 8.17. The summed E-state index contributed by atoms with van der Waals surface area (Å²) in [5, 5.41) is 0. The Labute approximate surface area is 103 Å². The molecule has 96 valence electrons. The van der Waals surface area contributed by atoms with Gasteiger partial charge in [-0.15, -0.1) is 0 Å². The molecule has 0 fully saturated rings. The molecule has 1 aromatic rings. The van der Waals surface area contributed by atoms with Gasteiger partial charge in [0.1, 0.15) is 5.75 Å². The van der Waals surface area contributed by atoms with Crippen LogP contribution in [-0.2, 0) is 11.3 Å². The van der Waals surface area contributed by atoms with E-state index in [4.69, 9.17) is 15.2 Å². The van der Waals surface area contributed by atoms with Crippen molar-refractivity contribution in [3.05, 3.63) is 23.8 Å². The molecule has 0 bridgehead atoms. The highest BCUT2D eigenvalue weighted by Gasteiger charge is 2.03. The van der Waals surface area contributed by atoms with E-state index in [1.165, 1.54) is 5.56 Å². The quantitative estimate of drug-likeness (QED) is 0.580. The van der Waals surface area contributed by atoms with E-state index in [2.05, 4.69) is 11.9 Å². The molecule has 0 aliphatic rings. The van der Waals surface area contributed by atoms with Crippen LogP contribution in [0.15, 0.2) is 18.2 Å². The maximum absolute atomic E-state index is 5.86. The summed E-state index contributed by atoms with van der Waals surface area (Å²) in [7, 11) is 3.69. The Kier molecular flexibility index (Phi) is 5.80. The van der Waals surface area contributed by atoms with Gasteiger partial charge in [-0.3, -0.25) is 4.90 Å². The first kappa shape index (κ1) is 13.8. The predicted octanol–water partition coefficient (Wildman–Crippen LogP) is 1.75. The fraction of sp³-hybridized carbons (Fsp3) is 0.538. The summed E-state index contributed by atoms with van der Waals surface area (Å²) in [6.45, 7) is 5.31. The lowest BCUT2D eigenvalue weighted by atomic mass is 10.2. The zero-order chi connectivity index (χ0) is 12.7. The first-order valence-electron chi connectivity index (χ1n) is 5.86. The van der Waals surface area contributed by atoms with E-state index >= 15 is 0 Å². The third-order valence-electron chi connectivity index (χ3n) is 2.57. The van der Waals surface area contributed by atoms with E-state index in [1.54, 1.807) is 7.11 Å². The van der Waals surface area contributed by atoms with Crippen LogP contribution >= 0.6 is 0 Å². The Morgan fingerprint density at radius 3 is 2.71 bits per heavy atom. The lowest BCUT2D eigenvalue weighted by molar-refractivity contribution is 0.120. The Bertz CT molecular complexity index is 342. The molecule has 0 spiro atoms. The summed E-state index contributed by atoms with van der Waals surface area (Å²) in [5.74, 6) is 0.728. The highest BCUT2D eigenvalue weighted by Crippen LogP contribution is 2.22. The van der Waals surface area contributed by atoms with Gasteiger partial charge in [-0.2, -0.15) is 0 Å². The SMILES string of the molecule is CCOCCN(C)Cc1ccc(OC)c(N)c1. The highest BCUT2D eigenvalue weighted by molar-refractivity contribution is 5.54. The standard InChI is InChI=1S/C13H22N2O2/c1-4-17-8-7-15(2)10-11-5-6-13(16-3)12(14)9-11/h5-6,9H,4,7-8,10,14H2,1-3H3. The molecule has 1 rings (SSSR count). The molecular weight excluding hydrogens is 216 g/mol. The Hall–Kier alpha value is -1.26. The minimum atomic E-state index is 0.684. The topological polar surface area (TPSA) is 47.7 Å². The van der Waals surface area contributed by atoms with Gasteiger partial charge in [0.25, 0.3) is 0 Å². The second kappa shape index (κ2) is 7.14. The zero-order valence-electron chi connectivity index (χ0n) is 10.9. The van der Waals surface area contributed by atoms with Crippen LogP contribution in [0, 0.1) is 0 Å². The van der Waals surface area contributed by atoms with Gasteiger partial charge >= 0.3 is 0 Å². The van der Waals surface area contributed by atoms with Crippen LogP contribution in [0.4, 0.5) is 5.69 Å². The number of ether oxygens (including phenoxy) is 2. The van der Waals surface area contributed by atoms with Crippen LogP contribution in [0.5, 0.6) is 5.75 Å². The minimum Gasteiger partial charge on any atom is -0.495 e.